The number of carbonyl (C=O) groups is 1. The van der Waals surface area contributed by atoms with Gasteiger partial charge in [0.05, 0.1) is 11.8 Å². The molecular weight excluding hydrogens is 228 g/mol. The molecule has 1 aliphatic heterocycles. The number of hydrogen-bond acceptors (Lipinski definition) is 3. The zero-order chi connectivity index (χ0) is 12.4. The number of fused-ring (bicyclic) bond motifs is 1. The Kier molecular flexibility index (Phi) is 2.61. The van der Waals surface area contributed by atoms with Crippen molar-refractivity contribution < 1.29 is 9.21 Å². The molecule has 0 radical (unpaired) electrons. The quantitative estimate of drug-likeness (QED) is 0.847. The summed E-state index contributed by atoms with van der Waals surface area (Å²) in [7, 11) is 0. The Morgan fingerprint density at radius 1 is 1.11 bits per heavy atom. The molecule has 1 unspecified atom stereocenters. The second-order valence-corrected chi connectivity index (χ2v) is 4.02. The third-order valence-electron chi connectivity index (χ3n) is 2.77. The minimum atomic E-state index is -0.225. The van der Waals surface area contributed by atoms with E-state index in [2.05, 4.69) is 10.6 Å². The van der Waals surface area contributed by atoms with Gasteiger partial charge in [-0.05, 0) is 36.4 Å². The van der Waals surface area contributed by atoms with Gasteiger partial charge in [-0.15, -0.1) is 0 Å². The lowest BCUT2D eigenvalue weighted by Crippen LogP contribution is -2.43. The summed E-state index contributed by atoms with van der Waals surface area (Å²) in [6, 6.07) is 11.1. The number of anilines is 1. The molecule has 0 saturated heterocycles. The predicted octanol–water partition coefficient (Wildman–Crippen LogP) is 2.47. The molecular formula is C14H12N2O2. The first-order valence-corrected chi connectivity index (χ1v) is 5.71. The van der Waals surface area contributed by atoms with Gasteiger partial charge in [-0.3, -0.25) is 4.79 Å². The van der Waals surface area contributed by atoms with Crippen molar-refractivity contribution in [3.63, 3.8) is 0 Å². The van der Waals surface area contributed by atoms with Crippen molar-refractivity contribution in [1.82, 2.24) is 5.32 Å². The molecule has 3 rings (SSSR count). The Morgan fingerprint density at radius 3 is 2.83 bits per heavy atom. The molecule has 1 atom stereocenters. The molecule has 0 spiro atoms. The number of benzene rings is 1. The van der Waals surface area contributed by atoms with Gasteiger partial charge >= 0.3 is 0 Å². The first-order chi connectivity index (χ1) is 8.83. The van der Waals surface area contributed by atoms with Gasteiger partial charge in [0.1, 0.15) is 11.9 Å². The average Bonchev–Trinajstić information content (AvgIpc) is 2.90. The monoisotopic (exact) mass is 240 g/mol. The van der Waals surface area contributed by atoms with Crippen LogP contribution in [0.2, 0.25) is 0 Å². The van der Waals surface area contributed by atoms with E-state index in [1.807, 2.05) is 42.5 Å². The first kappa shape index (κ1) is 10.7. The summed E-state index contributed by atoms with van der Waals surface area (Å²) in [4.78, 5) is 11.8. The van der Waals surface area contributed by atoms with Gasteiger partial charge in [-0.25, -0.2) is 0 Å². The van der Waals surface area contributed by atoms with Crippen molar-refractivity contribution in [2.24, 2.45) is 0 Å². The number of rotatable bonds is 2. The highest BCUT2D eigenvalue weighted by Gasteiger charge is 2.20. The predicted molar refractivity (Wildman–Crippen MR) is 69.1 cm³/mol. The van der Waals surface area contributed by atoms with Crippen molar-refractivity contribution in [2.75, 3.05) is 5.32 Å². The topological polar surface area (TPSA) is 54.3 Å². The van der Waals surface area contributed by atoms with E-state index in [0.717, 1.165) is 11.4 Å². The van der Waals surface area contributed by atoms with Gasteiger partial charge in [-0.1, -0.05) is 12.1 Å². The molecule has 1 amide bonds. The number of para-hydroxylation sites is 1. The number of amides is 1. The van der Waals surface area contributed by atoms with Crippen LogP contribution in [0, 0.1) is 0 Å². The number of furan rings is 1. The molecule has 0 aliphatic carbocycles. The Hall–Kier alpha value is -2.49. The van der Waals surface area contributed by atoms with Crippen LogP contribution in [0.15, 0.2) is 53.2 Å². The highest BCUT2D eigenvalue weighted by atomic mass is 16.3. The van der Waals surface area contributed by atoms with Crippen molar-refractivity contribution in [1.29, 1.82) is 0 Å². The first-order valence-electron chi connectivity index (χ1n) is 5.71. The molecule has 0 bridgehead atoms. The SMILES string of the molecule is O=C1NC(C=Cc2ccco2)Nc2ccccc21. The average molecular weight is 240 g/mol. The largest absolute Gasteiger partial charge is 0.465 e. The Bertz CT molecular complexity index is 588. The zero-order valence-electron chi connectivity index (χ0n) is 9.59. The third kappa shape index (κ3) is 2.00. The summed E-state index contributed by atoms with van der Waals surface area (Å²) in [5.74, 6) is 0.684. The number of nitrogens with one attached hydrogen (secondary N) is 2. The molecule has 1 aliphatic rings. The molecule has 2 aromatic rings. The van der Waals surface area contributed by atoms with Crippen LogP contribution in [-0.4, -0.2) is 12.1 Å². The van der Waals surface area contributed by atoms with E-state index in [0.29, 0.717) is 5.56 Å². The summed E-state index contributed by atoms with van der Waals surface area (Å²) in [6.45, 7) is 0. The third-order valence-corrected chi connectivity index (χ3v) is 2.77. The Balaban J connectivity index is 1.80. The van der Waals surface area contributed by atoms with E-state index < -0.39 is 0 Å². The fraction of sp³-hybridized carbons (Fsp3) is 0.0714. The van der Waals surface area contributed by atoms with E-state index in [-0.39, 0.29) is 12.1 Å². The maximum Gasteiger partial charge on any atom is 0.255 e. The summed E-state index contributed by atoms with van der Waals surface area (Å²) < 4.78 is 5.19. The van der Waals surface area contributed by atoms with Crippen LogP contribution in [0.1, 0.15) is 16.1 Å². The van der Waals surface area contributed by atoms with Gasteiger partial charge in [0.25, 0.3) is 5.91 Å². The Morgan fingerprint density at radius 2 is 2.00 bits per heavy atom. The molecule has 4 nitrogen and oxygen atoms in total. The molecule has 1 aromatic carbocycles. The van der Waals surface area contributed by atoms with Crippen LogP contribution < -0.4 is 10.6 Å². The summed E-state index contributed by atoms with van der Waals surface area (Å²) >= 11 is 0. The fourth-order valence-corrected chi connectivity index (χ4v) is 1.90. The standard InChI is InChI=1S/C14H12N2O2/c17-14-11-5-1-2-6-12(11)15-13(16-14)8-7-10-4-3-9-18-10/h1-9,13,15H,(H,16,17). The van der Waals surface area contributed by atoms with E-state index in [1.54, 1.807) is 12.3 Å². The van der Waals surface area contributed by atoms with Crippen LogP contribution >= 0.6 is 0 Å². The maximum atomic E-state index is 11.8. The molecule has 0 fully saturated rings. The van der Waals surface area contributed by atoms with E-state index >= 15 is 0 Å². The second kappa shape index (κ2) is 4.41. The molecule has 2 N–H and O–H groups in total. The lowest BCUT2D eigenvalue weighted by molar-refractivity contribution is 0.0943. The summed E-state index contributed by atoms with van der Waals surface area (Å²) in [6.07, 6.45) is 5.07. The van der Waals surface area contributed by atoms with Crippen LogP contribution in [-0.2, 0) is 0 Å². The van der Waals surface area contributed by atoms with E-state index in [4.69, 9.17) is 4.42 Å². The van der Waals surface area contributed by atoms with Gasteiger partial charge in [-0.2, -0.15) is 0 Å². The van der Waals surface area contributed by atoms with Gasteiger partial charge < -0.3 is 15.1 Å². The maximum absolute atomic E-state index is 11.8. The lowest BCUT2D eigenvalue weighted by atomic mass is 10.1. The molecule has 1 aromatic heterocycles. The van der Waals surface area contributed by atoms with E-state index in [1.165, 1.54) is 0 Å². The molecule has 4 heteroatoms. The summed E-state index contributed by atoms with van der Waals surface area (Å²) in [5.41, 5.74) is 1.51. The molecule has 2 heterocycles. The summed E-state index contributed by atoms with van der Waals surface area (Å²) in [5, 5.41) is 6.09. The molecule has 90 valence electrons. The number of hydrogen-bond donors (Lipinski definition) is 2. The molecule has 0 saturated carbocycles. The van der Waals surface area contributed by atoms with Crippen LogP contribution in [0.4, 0.5) is 5.69 Å². The zero-order valence-corrected chi connectivity index (χ0v) is 9.59. The smallest absolute Gasteiger partial charge is 0.255 e. The van der Waals surface area contributed by atoms with Crippen molar-refractivity contribution in [2.45, 2.75) is 6.17 Å². The van der Waals surface area contributed by atoms with Gasteiger partial charge in [0, 0.05) is 5.69 Å². The van der Waals surface area contributed by atoms with E-state index in [9.17, 15) is 4.79 Å². The fourth-order valence-electron chi connectivity index (χ4n) is 1.90. The lowest BCUT2D eigenvalue weighted by Gasteiger charge is -2.25. The Labute approximate surface area is 104 Å². The number of carbonyl (C=O) groups excluding carboxylic acids is 1. The highest BCUT2D eigenvalue weighted by Crippen LogP contribution is 2.20. The van der Waals surface area contributed by atoms with Crippen molar-refractivity contribution in [3.8, 4) is 0 Å². The minimum Gasteiger partial charge on any atom is -0.465 e. The second-order valence-electron chi connectivity index (χ2n) is 4.02. The van der Waals surface area contributed by atoms with Crippen LogP contribution in [0.3, 0.4) is 0 Å². The van der Waals surface area contributed by atoms with Gasteiger partial charge in [0.2, 0.25) is 0 Å². The van der Waals surface area contributed by atoms with Crippen molar-refractivity contribution >= 4 is 17.7 Å². The molecule has 18 heavy (non-hydrogen) atoms. The normalized spacial score (nSPS) is 18.2. The van der Waals surface area contributed by atoms with Crippen LogP contribution in [0.5, 0.6) is 0 Å². The highest BCUT2D eigenvalue weighted by molar-refractivity contribution is 6.01. The van der Waals surface area contributed by atoms with Crippen molar-refractivity contribution in [3.05, 3.63) is 60.1 Å². The van der Waals surface area contributed by atoms with Gasteiger partial charge in [0.15, 0.2) is 0 Å². The minimum absolute atomic E-state index is 0.0709. The van der Waals surface area contributed by atoms with Crippen LogP contribution in [0.25, 0.3) is 6.08 Å².